The molecule has 0 aliphatic heterocycles. The number of alkyl halides is 3. The minimum Gasteiger partial charge on any atom is -0.199 e. The number of hydrogen-bond acceptors (Lipinski definition) is 0. The molecule has 0 spiro atoms. The fraction of sp³-hybridized carbons (Fsp3) is 0.125. The van der Waals surface area contributed by atoms with Gasteiger partial charge in [-0.3, -0.25) is 0 Å². The summed E-state index contributed by atoms with van der Waals surface area (Å²) in [6, 6.07) is 4.70. The first kappa shape index (κ1) is 11.5. The fourth-order valence-electron chi connectivity index (χ4n) is 0.694. The van der Waals surface area contributed by atoms with Gasteiger partial charge in [0, 0.05) is 25.0 Å². The van der Waals surface area contributed by atoms with Crippen LogP contribution in [0.25, 0.3) is 0 Å². The minimum atomic E-state index is -4.24. The summed E-state index contributed by atoms with van der Waals surface area (Å²) in [7, 11) is 0. The van der Waals surface area contributed by atoms with E-state index in [0.29, 0.717) is 5.56 Å². The van der Waals surface area contributed by atoms with Crippen molar-refractivity contribution in [3.63, 3.8) is 0 Å². The second kappa shape index (κ2) is 3.95. The van der Waals surface area contributed by atoms with Gasteiger partial charge < -0.3 is 0 Å². The molecule has 0 radical (unpaired) electrons. The van der Waals surface area contributed by atoms with Crippen LogP contribution >= 0.6 is 0 Å². The van der Waals surface area contributed by atoms with Crippen LogP contribution in [-0.2, 0) is 25.7 Å². The van der Waals surface area contributed by atoms with Crippen LogP contribution in [0.1, 0.15) is 11.1 Å². The summed E-state index contributed by atoms with van der Waals surface area (Å²) in [4.78, 5) is 0. The van der Waals surface area contributed by atoms with Crippen molar-refractivity contribution in [3.05, 3.63) is 42.3 Å². The molecule has 0 N–H and O–H groups in total. The SMILES string of the molecule is [CH2-]c1ccc(C(F)(F)F)cc1.[Zn]. The molecule has 62 valence electrons. The van der Waals surface area contributed by atoms with Crippen molar-refractivity contribution < 1.29 is 32.6 Å². The van der Waals surface area contributed by atoms with E-state index in [-0.39, 0.29) is 19.5 Å². The molecule has 0 saturated heterocycles. The van der Waals surface area contributed by atoms with Crippen LogP contribution in [0.5, 0.6) is 0 Å². The van der Waals surface area contributed by atoms with Gasteiger partial charge in [0.15, 0.2) is 0 Å². The number of benzene rings is 1. The Hall–Kier alpha value is -0.497. The van der Waals surface area contributed by atoms with Crippen LogP contribution in [0.3, 0.4) is 0 Å². The third kappa shape index (κ3) is 2.86. The van der Waals surface area contributed by atoms with Crippen molar-refractivity contribution in [1.29, 1.82) is 0 Å². The normalized spacial score (nSPS) is 10.6. The average molecular weight is 225 g/mol. The van der Waals surface area contributed by atoms with Gasteiger partial charge in [0.1, 0.15) is 0 Å². The molecule has 0 unspecified atom stereocenters. The topological polar surface area (TPSA) is 0 Å². The van der Waals surface area contributed by atoms with Crippen LogP contribution < -0.4 is 0 Å². The molecular formula is C8H6F3Zn-. The van der Waals surface area contributed by atoms with Crippen LogP contribution in [0, 0.1) is 6.92 Å². The van der Waals surface area contributed by atoms with Gasteiger partial charge in [-0.1, -0.05) is 0 Å². The first-order valence-corrected chi connectivity index (χ1v) is 2.99. The molecule has 1 aromatic carbocycles. The number of rotatable bonds is 0. The summed E-state index contributed by atoms with van der Waals surface area (Å²) in [5, 5.41) is 0. The maximum Gasteiger partial charge on any atom is 0.414 e. The predicted molar refractivity (Wildman–Crippen MR) is 35.9 cm³/mol. The molecule has 12 heavy (non-hydrogen) atoms. The molecule has 1 rings (SSSR count). The fourth-order valence-corrected chi connectivity index (χ4v) is 0.694. The van der Waals surface area contributed by atoms with Gasteiger partial charge in [0.25, 0.3) is 0 Å². The second-order valence-corrected chi connectivity index (χ2v) is 2.19. The van der Waals surface area contributed by atoms with Crippen molar-refractivity contribution >= 4 is 0 Å². The summed E-state index contributed by atoms with van der Waals surface area (Å²) in [6.45, 7) is 3.48. The van der Waals surface area contributed by atoms with Crippen molar-refractivity contribution in [2.45, 2.75) is 6.18 Å². The zero-order valence-electron chi connectivity index (χ0n) is 6.36. The Morgan fingerprint density at radius 2 is 1.42 bits per heavy atom. The van der Waals surface area contributed by atoms with Crippen molar-refractivity contribution in [2.24, 2.45) is 0 Å². The Morgan fingerprint density at radius 1 is 1.00 bits per heavy atom. The zero-order valence-corrected chi connectivity index (χ0v) is 9.32. The van der Waals surface area contributed by atoms with Crippen LogP contribution in [0.2, 0.25) is 0 Å². The monoisotopic (exact) mass is 223 g/mol. The molecule has 0 nitrogen and oxygen atoms in total. The van der Waals surface area contributed by atoms with Crippen LogP contribution in [0.4, 0.5) is 13.2 Å². The largest absolute Gasteiger partial charge is 0.414 e. The quantitative estimate of drug-likeness (QED) is 0.470. The Morgan fingerprint density at radius 3 is 1.75 bits per heavy atom. The van der Waals surface area contributed by atoms with Gasteiger partial charge in [-0.15, -0.1) is 12.1 Å². The van der Waals surface area contributed by atoms with Crippen LogP contribution in [-0.4, -0.2) is 0 Å². The Balaban J connectivity index is 0.00000121. The standard InChI is InChI=1S/C8H6F3.Zn/c1-6-2-4-7(5-3-6)8(9,10)11;/h2-5H,1H2;/q-1;. The molecule has 0 aromatic heterocycles. The Bertz CT molecular complexity index is 237. The maximum atomic E-state index is 11.9. The second-order valence-electron chi connectivity index (χ2n) is 2.19. The van der Waals surface area contributed by atoms with Crippen molar-refractivity contribution in [1.82, 2.24) is 0 Å². The van der Waals surface area contributed by atoms with E-state index < -0.39 is 11.7 Å². The van der Waals surface area contributed by atoms with Gasteiger partial charge in [0.05, 0.1) is 0 Å². The van der Waals surface area contributed by atoms with E-state index in [0.717, 1.165) is 12.1 Å². The summed E-state index contributed by atoms with van der Waals surface area (Å²) >= 11 is 0. The molecule has 0 atom stereocenters. The van der Waals surface area contributed by atoms with Gasteiger partial charge in [0.2, 0.25) is 0 Å². The molecule has 0 heterocycles. The molecule has 1 aromatic rings. The van der Waals surface area contributed by atoms with Gasteiger partial charge >= 0.3 is 6.18 Å². The van der Waals surface area contributed by atoms with E-state index in [1.165, 1.54) is 12.1 Å². The molecule has 4 heteroatoms. The Labute approximate surface area is 81.5 Å². The van der Waals surface area contributed by atoms with E-state index in [2.05, 4.69) is 6.92 Å². The van der Waals surface area contributed by atoms with E-state index in [4.69, 9.17) is 0 Å². The number of halogens is 3. The average Bonchev–Trinajstić information content (AvgIpc) is 1.86. The molecule has 0 aliphatic rings. The summed E-state index contributed by atoms with van der Waals surface area (Å²) in [5.41, 5.74) is -0.0529. The molecule has 0 amide bonds. The predicted octanol–water partition coefficient (Wildman–Crippen LogP) is 2.89. The Kier molecular flexibility index (Phi) is 3.78. The summed E-state index contributed by atoms with van der Waals surface area (Å²) < 4.78 is 35.7. The van der Waals surface area contributed by atoms with Crippen LogP contribution in [0.15, 0.2) is 24.3 Å². The van der Waals surface area contributed by atoms with E-state index in [9.17, 15) is 13.2 Å². The summed E-state index contributed by atoms with van der Waals surface area (Å²) in [5.74, 6) is 0. The first-order valence-electron chi connectivity index (χ1n) is 2.99. The van der Waals surface area contributed by atoms with Gasteiger partial charge in [-0.25, -0.2) is 0 Å². The van der Waals surface area contributed by atoms with E-state index >= 15 is 0 Å². The number of hydrogen-bond donors (Lipinski definition) is 0. The van der Waals surface area contributed by atoms with E-state index in [1.807, 2.05) is 0 Å². The van der Waals surface area contributed by atoms with Crippen molar-refractivity contribution in [3.8, 4) is 0 Å². The smallest absolute Gasteiger partial charge is 0.199 e. The van der Waals surface area contributed by atoms with Gasteiger partial charge in [-0.05, 0) is 0 Å². The third-order valence-electron chi connectivity index (χ3n) is 1.28. The third-order valence-corrected chi connectivity index (χ3v) is 1.28. The molecule has 0 bridgehead atoms. The molecule has 0 aliphatic carbocycles. The van der Waals surface area contributed by atoms with Crippen molar-refractivity contribution in [2.75, 3.05) is 0 Å². The minimum absolute atomic E-state index is 0. The molecule has 0 fully saturated rings. The molecular weight excluding hydrogens is 218 g/mol. The first-order chi connectivity index (χ1) is 5.00. The van der Waals surface area contributed by atoms with E-state index in [1.54, 1.807) is 0 Å². The maximum absolute atomic E-state index is 11.9. The zero-order chi connectivity index (χ0) is 8.48. The molecule has 0 saturated carbocycles. The summed E-state index contributed by atoms with van der Waals surface area (Å²) in [6.07, 6.45) is -4.24. The van der Waals surface area contributed by atoms with Gasteiger partial charge in [-0.2, -0.15) is 37.8 Å².